The number of benzene rings is 12. The van der Waals surface area contributed by atoms with Crippen molar-refractivity contribution in [3.8, 4) is 180 Å². The van der Waals surface area contributed by atoms with Gasteiger partial charge in [-0.15, -0.1) is 48.6 Å². The summed E-state index contributed by atoms with van der Waals surface area (Å²) in [6.07, 6.45) is 15.0. The molecule has 6 N–H and O–H groups in total. The number of ether oxygens (including phenoxy) is 2. The van der Waals surface area contributed by atoms with Crippen LogP contribution in [0.15, 0.2) is 231 Å². The zero-order chi connectivity index (χ0) is 99.7. The Bertz CT molecular complexity index is 8330. The molecule has 23 nitrogen and oxygen atoms in total. The van der Waals surface area contributed by atoms with Crippen molar-refractivity contribution in [1.29, 1.82) is 0 Å². The second-order valence-electron chi connectivity index (χ2n) is 36.8. The van der Waals surface area contributed by atoms with Crippen molar-refractivity contribution in [3.05, 3.63) is 291 Å². The van der Waals surface area contributed by atoms with Gasteiger partial charge in [0.05, 0.1) is 46.5 Å². The molecule has 25 heteroatoms. The topological polar surface area (TPSA) is 255 Å². The number of phenolic OH excluding ortho intramolecular Hbond substituents is 6. The van der Waals surface area contributed by atoms with E-state index in [4.69, 9.17) is 54.1 Å². The second-order valence-corrected chi connectivity index (χ2v) is 37.6. The average molecular weight is 1940 g/mol. The summed E-state index contributed by atoms with van der Waals surface area (Å²) in [5.74, 6) is 31.4. The molecule has 0 aliphatic heterocycles. The monoisotopic (exact) mass is 1930 g/mol. The van der Waals surface area contributed by atoms with Crippen molar-refractivity contribution in [1.82, 2.24) is 66.7 Å². The number of carbonyl (C=O) groups is 1. The van der Waals surface area contributed by atoms with E-state index in [2.05, 4.69) is 143 Å². The van der Waals surface area contributed by atoms with Crippen molar-refractivity contribution in [2.24, 2.45) is 0 Å². The minimum atomic E-state index is -0.247. The van der Waals surface area contributed by atoms with E-state index in [1.54, 1.807) is 30.3 Å². The van der Waals surface area contributed by atoms with Gasteiger partial charge >= 0.3 is 5.97 Å². The van der Waals surface area contributed by atoms with Gasteiger partial charge in [-0.25, -0.2) is 19.9 Å². The molecule has 8 heterocycles. The van der Waals surface area contributed by atoms with E-state index in [0.717, 1.165) is 148 Å². The third kappa shape index (κ3) is 21.5. The zero-order valence-corrected chi connectivity index (χ0v) is 82.4. The maximum atomic E-state index is 12.3. The molecule has 0 bridgehead atoms. The van der Waals surface area contributed by atoms with Crippen molar-refractivity contribution in [2.75, 3.05) is 13.2 Å². The summed E-state index contributed by atoms with van der Waals surface area (Å²) < 4.78 is 25.3. The van der Waals surface area contributed by atoms with Gasteiger partial charge in [0.1, 0.15) is 90.5 Å². The van der Waals surface area contributed by atoms with Gasteiger partial charge in [-0.1, -0.05) is 196 Å². The number of imidazole rings is 1. The standard InChI is InChI=1S/C28H29N3O3.C27H36ClN3O3.C25H11N3O.C19H14N2O.C17H18ClN3O.12H2/c1-5-6-13-34-20-9-12-21(19(4)16-20)26-29-27(22-10-7-17(2)14-24(22)32)31-28(30-26)23-11-8-18(3)15-25(23)33;1-5-6-7-8-9-10-15-34-25(32)14-11-19-16-21(27(2,3)4)26(33)24(17-19)31-29-22-13-12-20(28)18-23(22)30(29)31;1-3-4-5-6-7-8-9-10-11-12-15-21-18-20(2)19-24(25(21)29)28-26-22-16-13-14-17-23(22)27(26)28;22-18-13-7-4-10-15(18)19-20-16-11-5-6-12-17(16)21(19)14-8-2-1-3-9-14;1-10-7-12(17(2,3)4)16(22)15(8-10)21-19-13-6-5-11(18)9-14(13)20(19)21;;;;;;;;;;;;/h7-12,14-16,32-33H,5-6,13H2,1-4H3;12-13,16-18,33H,5-11,14-15H2,1-4H3;1,13-14,16-19,29H,2H3;1-13,22H;5-9,22H,1-4H3;12*1H. The Morgan fingerprint density at radius 3 is 1.42 bits per heavy atom. The number of para-hydroxylation sites is 6. The van der Waals surface area contributed by atoms with Crippen LogP contribution in [0.4, 0.5) is 0 Å². The van der Waals surface area contributed by atoms with Crippen LogP contribution in [0.5, 0.6) is 40.2 Å². The smallest absolute Gasteiger partial charge is 0.306 e. The fourth-order valence-electron chi connectivity index (χ4n) is 16.7. The second kappa shape index (κ2) is 42.1. The summed E-state index contributed by atoms with van der Waals surface area (Å²) in [5, 5.41) is 65.3. The Balaban J connectivity index is 0.000000394. The van der Waals surface area contributed by atoms with Gasteiger partial charge in [-0.05, 0) is 315 Å². The first-order chi connectivity index (χ1) is 67.9. The molecular weight excluding hydrogens is 1800 g/mol. The van der Waals surface area contributed by atoms with Crippen LogP contribution in [-0.4, -0.2) is 116 Å². The molecule has 20 rings (SSSR count). The van der Waals surface area contributed by atoms with Crippen LogP contribution >= 0.6 is 23.2 Å². The first-order valence-corrected chi connectivity index (χ1v) is 47.6. The summed E-state index contributed by atoms with van der Waals surface area (Å²) in [7, 11) is 0. The van der Waals surface area contributed by atoms with E-state index in [1.807, 2.05) is 264 Å². The maximum absolute atomic E-state index is 12.3. The van der Waals surface area contributed by atoms with E-state index in [0.29, 0.717) is 87.4 Å². The maximum Gasteiger partial charge on any atom is 0.306 e. The van der Waals surface area contributed by atoms with Gasteiger partial charge in [0.15, 0.2) is 23.2 Å². The molecule has 0 spiro atoms. The van der Waals surface area contributed by atoms with Gasteiger partial charge in [0.2, 0.25) is 0 Å². The Kier molecular flexibility index (Phi) is 29.1. The highest BCUT2D eigenvalue weighted by Crippen LogP contribution is 2.44. The lowest BCUT2D eigenvalue weighted by molar-refractivity contribution is -0.143. The first-order valence-electron chi connectivity index (χ1n) is 46.9. The van der Waals surface area contributed by atoms with Crippen molar-refractivity contribution < 1.29 is 62.0 Å². The molecular formula is C116H132Cl2N14O9. The number of fused-ring (bicyclic) bond motifs is 13. The summed E-state index contributed by atoms with van der Waals surface area (Å²) in [6.45, 7) is 27.9. The molecule has 0 atom stereocenters. The predicted octanol–water partition coefficient (Wildman–Crippen LogP) is 27.5. The van der Waals surface area contributed by atoms with E-state index >= 15 is 0 Å². The summed E-state index contributed by atoms with van der Waals surface area (Å²) >= 11 is 12.2. The number of carbonyl (C=O) groups excluding carboxylic acids is 1. The number of halogens is 2. The zero-order valence-electron chi connectivity index (χ0n) is 80.9. The van der Waals surface area contributed by atoms with Crippen LogP contribution in [0.2, 0.25) is 10.0 Å². The third-order valence-corrected chi connectivity index (χ3v) is 24.4. The highest BCUT2D eigenvalue weighted by atomic mass is 35.5. The predicted molar refractivity (Wildman–Crippen MR) is 586 cm³/mol. The molecule has 0 amide bonds. The number of aromatic hydroxyl groups is 6. The molecule has 8 aromatic heterocycles. The normalized spacial score (nSPS) is 11.2. The third-order valence-electron chi connectivity index (χ3n) is 24.0. The van der Waals surface area contributed by atoms with Crippen LogP contribution in [0, 0.1) is 106 Å². The SMILES string of the molecule is C#CC#CC#CC#CC#CC#Cc1cc(C)cc(-n2n3c4ccccc4n23)c1O.CCCCCCCCOC(=O)CCc1cc(-n2n3c4ccc(Cl)cc4n23)c(O)c(C(C)(C)C)c1.CCCCOc1ccc(-c2nc(-c3ccc(C)cc3O)nc(-c3ccc(C)cc3O)n2)c(C)c1.Cc1cc(-n2n3c4ccc(Cl)cc4n23)c(O)c(C(C)(C)C)c1.Oc1ccccc1-c1nc2ccccc2n1-c1ccccc1.[HH].[HH].[HH].[HH].[HH].[HH].[HH].[HH].[HH].[HH].[HH].[HH]. The molecule has 12 aromatic carbocycles. The van der Waals surface area contributed by atoms with Crippen LogP contribution in [0.25, 0.3) is 112 Å². The molecule has 0 aliphatic carbocycles. The molecule has 141 heavy (non-hydrogen) atoms. The van der Waals surface area contributed by atoms with Crippen molar-refractivity contribution in [3.63, 3.8) is 0 Å². The van der Waals surface area contributed by atoms with Gasteiger partial charge in [0, 0.05) is 56.0 Å². The first kappa shape index (κ1) is 97.4. The minimum Gasteiger partial charge on any atom is -0.507 e. The lowest BCUT2D eigenvalue weighted by Crippen LogP contribution is -2.13. The summed E-state index contributed by atoms with van der Waals surface area (Å²) in [6, 6.07) is 73.3. The van der Waals surface area contributed by atoms with Crippen molar-refractivity contribution in [2.45, 2.75) is 165 Å². The molecule has 0 unspecified atom stereocenters. The fraction of sp³-hybridized carbons (Fsp3) is 0.233. The van der Waals surface area contributed by atoms with E-state index in [1.165, 1.54) is 25.7 Å². The molecule has 20 aromatic rings. The average Bonchev–Trinajstić information content (AvgIpc) is 1.87. The number of phenols is 6. The highest BCUT2D eigenvalue weighted by molar-refractivity contribution is 6.31. The minimum absolute atomic E-state index is 0. The molecule has 0 fully saturated rings. The number of unbranched alkanes of at least 4 members (excludes halogenated alkanes) is 6. The molecule has 0 saturated heterocycles. The van der Waals surface area contributed by atoms with E-state index < -0.39 is 0 Å². The van der Waals surface area contributed by atoms with E-state index in [9.17, 15) is 35.4 Å². The Morgan fingerprint density at radius 1 is 0.404 bits per heavy atom. The number of terminal acetylenes is 1. The molecule has 0 aliphatic rings. The Labute approximate surface area is 846 Å². The Morgan fingerprint density at radius 2 is 0.872 bits per heavy atom. The lowest BCUT2D eigenvalue weighted by atomic mass is 9.84. The largest absolute Gasteiger partial charge is 0.507 e. The number of rotatable bonds is 22. The van der Waals surface area contributed by atoms with Gasteiger partial charge in [0.25, 0.3) is 0 Å². The number of aryl methyl sites for hydroxylation is 6. The molecule has 734 valence electrons. The lowest BCUT2D eigenvalue weighted by Gasteiger charge is -2.22. The molecule has 0 radical (unpaired) electrons. The number of aromatic nitrogens is 14. The van der Waals surface area contributed by atoms with Crippen LogP contribution < -0.4 is 4.74 Å². The molecule has 0 saturated carbocycles. The van der Waals surface area contributed by atoms with E-state index in [-0.39, 0.29) is 62.7 Å². The van der Waals surface area contributed by atoms with Gasteiger partial charge < -0.3 is 40.1 Å². The quantitative estimate of drug-likeness (QED) is 0.0210. The van der Waals surface area contributed by atoms with Crippen LogP contribution in [0.1, 0.15) is 180 Å². The van der Waals surface area contributed by atoms with Gasteiger partial charge in [-0.2, -0.15) is 0 Å². The Hall–Kier alpha value is -16.7. The summed E-state index contributed by atoms with van der Waals surface area (Å²) in [4.78, 5) is 36.9. The van der Waals surface area contributed by atoms with Crippen LogP contribution in [0.3, 0.4) is 0 Å². The number of hydrogen-bond donors (Lipinski definition) is 6. The van der Waals surface area contributed by atoms with Crippen molar-refractivity contribution >= 4 is 73.3 Å². The van der Waals surface area contributed by atoms with Gasteiger partial charge in [-0.3, -0.25) is 9.36 Å². The summed E-state index contributed by atoms with van der Waals surface area (Å²) in [5.41, 5.74) is 22.0. The fourth-order valence-corrected chi connectivity index (χ4v) is 17.1. The van der Waals surface area contributed by atoms with Crippen LogP contribution in [-0.2, 0) is 26.8 Å². The highest BCUT2D eigenvalue weighted by Gasteiger charge is 2.33. The number of esters is 1. The number of hydrogen-bond acceptors (Lipinski definition) is 13. The number of nitrogens with zero attached hydrogens (tertiary/aromatic N) is 14.